The molecule has 1 aliphatic rings. The van der Waals surface area contributed by atoms with Gasteiger partial charge >= 0.3 is 0 Å². The highest BCUT2D eigenvalue weighted by molar-refractivity contribution is 7.89. The molecule has 1 aliphatic carbocycles. The predicted molar refractivity (Wildman–Crippen MR) is 79.0 cm³/mol. The minimum absolute atomic E-state index is 0.0790. The fourth-order valence-corrected chi connectivity index (χ4v) is 4.31. The SMILES string of the molecule is CC1CCC(CNS(=O)(=O)c2cc(Cl)cc(CO)c2F)C1. The first-order valence-electron chi connectivity index (χ1n) is 6.92. The Morgan fingerprint density at radius 3 is 2.71 bits per heavy atom. The van der Waals surface area contributed by atoms with Crippen LogP contribution in [0.15, 0.2) is 17.0 Å². The Morgan fingerprint density at radius 1 is 1.43 bits per heavy atom. The molecule has 0 spiro atoms. The molecule has 1 aromatic rings. The van der Waals surface area contributed by atoms with E-state index in [0.29, 0.717) is 12.5 Å². The van der Waals surface area contributed by atoms with Gasteiger partial charge in [-0.1, -0.05) is 24.9 Å². The summed E-state index contributed by atoms with van der Waals surface area (Å²) >= 11 is 5.78. The summed E-state index contributed by atoms with van der Waals surface area (Å²) < 4.78 is 41.0. The van der Waals surface area contributed by atoms with Gasteiger partial charge in [-0.3, -0.25) is 0 Å². The first-order chi connectivity index (χ1) is 9.83. The van der Waals surface area contributed by atoms with Crippen LogP contribution >= 0.6 is 11.6 Å². The smallest absolute Gasteiger partial charge is 0.243 e. The van der Waals surface area contributed by atoms with E-state index in [1.54, 1.807) is 0 Å². The summed E-state index contributed by atoms with van der Waals surface area (Å²) in [5.74, 6) is -0.0630. The van der Waals surface area contributed by atoms with Crippen LogP contribution in [0.5, 0.6) is 0 Å². The number of nitrogens with one attached hydrogen (secondary N) is 1. The van der Waals surface area contributed by atoms with Crippen LogP contribution in [0.2, 0.25) is 5.02 Å². The average Bonchev–Trinajstić information content (AvgIpc) is 2.84. The van der Waals surface area contributed by atoms with Crippen LogP contribution in [-0.4, -0.2) is 20.1 Å². The molecule has 1 aromatic carbocycles. The Balaban J connectivity index is 2.17. The quantitative estimate of drug-likeness (QED) is 0.869. The van der Waals surface area contributed by atoms with Crippen LogP contribution in [0.25, 0.3) is 0 Å². The molecule has 0 aromatic heterocycles. The van der Waals surface area contributed by atoms with E-state index >= 15 is 0 Å². The van der Waals surface area contributed by atoms with Gasteiger partial charge in [0.1, 0.15) is 10.7 Å². The Bertz CT molecular complexity index is 621. The van der Waals surface area contributed by atoms with Crippen LogP contribution in [0.3, 0.4) is 0 Å². The van der Waals surface area contributed by atoms with Crippen LogP contribution in [0, 0.1) is 17.7 Å². The van der Waals surface area contributed by atoms with Crippen molar-refractivity contribution in [1.82, 2.24) is 4.72 Å². The standard InChI is InChI=1S/C14H19ClFNO3S/c1-9-2-3-10(4-9)7-17-21(19,20)13-6-12(15)5-11(8-18)14(13)16/h5-6,9-10,17-18H,2-4,7-8H2,1H3. The lowest BCUT2D eigenvalue weighted by Crippen LogP contribution is -2.29. The molecule has 0 aliphatic heterocycles. The number of sulfonamides is 1. The van der Waals surface area contributed by atoms with Crippen molar-refractivity contribution in [2.75, 3.05) is 6.54 Å². The molecule has 7 heteroatoms. The van der Waals surface area contributed by atoms with Crippen molar-refractivity contribution in [1.29, 1.82) is 0 Å². The highest BCUT2D eigenvalue weighted by Crippen LogP contribution is 2.30. The highest BCUT2D eigenvalue weighted by atomic mass is 35.5. The van der Waals surface area contributed by atoms with E-state index in [9.17, 15) is 12.8 Å². The summed E-state index contributed by atoms with van der Waals surface area (Å²) in [5.41, 5.74) is -0.127. The Hall–Kier alpha value is -0.690. The fourth-order valence-electron chi connectivity index (χ4n) is 2.74. The van der Waals surface area contributed by atoms with Gasteiger partial charge in [-0.05, 0) is 36.8 Å². The Kier molecular flexibility index (Phi) is 5.24. The predicted octanol–water partition coefficient (Wildman–Crippen LogP) is 2.69. The zero-order valence-corrected chi connectivity index (χ0v) is 13.3. The minimum atomic E-state index is -3.97. The lowest BCUT2D eigenvalue weighted by molar-refractivity contribution is 0.274. The van der Waals surface area contributed by atoms with Gasteiger partial charge in [0.2, 0.25) is 10.0 Å². The van der Waals surface area contributed by atoms with Crippen molar-refractivity contribution in [3.63, 3.8) is 0 Å². The van der Waals surface area contributed by atoms with Gasteiger partial charge in [0.05, 0.1) is 6.61 Å². The molecule has 1 fully saturated rings. The van der Waals surface area contributed by atoms with Crippen molar-refractivity contribution < 1.29 is 17.9 Å². The van der Waals surface area contributed by atoms with Crippen LogP contribution in [-0.2, 0) is 16.6 Å². The first-order valence-corrected chi connectivity index (χ1v) is 8.78. The van der Waals surface area contributed by atoms with Crippen LogP contribution in [0.4, 0.5) is 4.39 Å². The van der Waals surface area contributed by atoms with Crippen molar-refractivity contribution in [3.8, 4) is 0 Å². The summed E-state index contributed by atoms with van der Waals surface area (Å²) in [6.07, 6.45) is 3.04. The van der Waals surface area contributed by atoms with Gasteiger partial charge in [-0.25, -0.2) is 17.5 Å². The van der Waals surface area contributed by atoms with E-state index < -0.39 is 27.3 Å². The maximum atomic E-state index is 14.1. The second-order valence-corrected chi connectivity index (χ2v) is 7.84. The minimum Gasteiger partial charge on any atom is -0.392 e. The van der Waals surface area contributed by atoms with Crippen molar-refractivity contribution >= 4 is 21.6 Å². The molecular weight excluding hydrogens is 317 g/mol. The molecule has 0 amide bonds. The molecule has 2 N–H and O–H groups in total. The van der Waals surface area contributed by atoms with E-state index in [1.807, 2.05) is 0 Å². The molecule has 2 unspecified atom stereocenters. The molecule has 118 valence electrons. The van der Waals surface area contributed by atoms with E-state index in [2.05, 4.69) is 11.6 Å². The van der Waals surface area contributed by atoms with Crippen molar-refractivity contribution in [3.05, 3.63) is 28.5 Å². The number of hydrogen-bond donors (Lipinski definition) is 2. The van der Waals surface area contributed by atoms with Gasteiger partial charge in [0.25, 0.3) is 0 Å². The number of benzene rings is 1. The van der Waals surface area contributed by atoms with Gasteiger partial charge in [-0.15, -0.1) is 0 Å². The van der Waals surface area contributed by atoms with Crippen LogP contribution < -0.4 is 4.72 Å². The highest BCUT2D eigenvalue weighted by Gasteiger charge is 2.26. The number of halogens is 2. The Labute approximate surface area is 129 Å². The van der Waals surface area contributed by atoms with E-state index in [4.69, 9.17) is 16.7 Å². The van der Waals surface area contributed by atoms with E-state index in [-0.39, 0.29) is 16.5 Å². The molecule has 0 heterocycles. The second kappa shape index (κ2) is 6.60. The number of hydrogen-bond acceptors (Lipinski definition) is 3. The van der Waals surface area contributed by atoms with Gasteiger partial charge in [0, 0.05) is 17.1 Å². The topological polar surface area (TPSA) is 66.4 Å². The van der Waals surface area contributed by atoms with Crippen molar-refractivity contribution in [2.24, 2.45) is 11.8 Å². The zero-order chi connectivity index (χ0) is 15.6. The molecule has 4 nitrogen and oxygen atoms in total. The third-order valence-electron chi connectivity index (χ3n) is 3.90. The monoisotopic (exact) mass is 335 g/mol. The molecule has 2 atom stereocenters. The van der Waals surface area contributed by atoms with Crippen LogP contribution in [0.1, 0.15) is 31.7 Å². The molecule has 21 heavy (non-hydrogen) atoms. The summed E-state index contributed by atoms with van der Waals surface area (Å²) in [7, 11) is -3.97. The van der Waals surface area contributed by atoms with E-state index in [1.165, 1.54) is 6.07 Å². The molecule has 0 radical (unpaired) electrons. The summed E-state index contributed by atoms with van der Waals surface area (Å²) in [6.45, 7) is 1.83. The van der Waals surface area contributed by atoms with E-state index in [0.717, 1.165) is 25.3 Å². The lowest BCUT2D eigenvalue weighted by atomic mass is 10.1. The molecule has 1 saturated carbocycles. The molecule has 0 saturated heterocycles. The molecular formula is C14H19ClFNO3S. The van der Waals surface area contributed by atoms with Crippen molar-refractivity contribution in [2.45, 2.75) is 37.7 Å². The summed E-state index contributed by atoms with van der Waals surface area (Å²) in [5, 5.41) is 9.13. The summed E-state index contributed by atoms with van der Waals surface area (Å²) in [6, 6.07) is 2.28. The van der Waals surface area contributed by atoms with Gasteiger partial charge in [0.15, 0.2) is 0 Å². The third-order valence-corrected chi connectivity index (χ3v) is 5.55. The normalized spacial score (nSPS) is 22.7. The maximum Gasteiger partial charge on any atom is 0.243 e. The number of aliphatic hydroxyl groups is 1. The average molecular weight is 336 g/mol. The summed E-state index contributed by atoms with van der Waals surface area (Å²) in [4.78, 5) is -0.509. The van der Waals surface area contributed by atoms with Gasteiger partial charge < -0.3 is 5.11 Å². The largest absolute Gasteiger partial charge is 0.392 e. The molecule has 2 rings (SSSR count). The Morgan fingerprint density at radius 2 is 2.14 bits per heavy atom. The first kappa shape index (κ1) is 16.7. The number of aliphatic hydroxyl groups excluding tert-OH is 1. The maximum absolute atomic E-state index is 14.1. The lowest BCUT2D eigenvalue weighted by Gasteiger charge is -2.13. The van der Waals surface area contributed by atoms with Gasteiger partial charge in [-0.2, -0.15) is 0 Å². The third kappa shape index (κ3) is 3.94. The second-order valence-electron chi connectivity index (χ2n) is 5.67. The zero-order valence-electron chi connectivity index (χ0n) is 11.8. The fraction of sp³-hybridized carbons (Fsp3) is 0.571. The number of rotatable bonds is 5. The molecule has 0 bridgehead atoms.